The SMILES string of the molecule is Cc1c(NC(=O)[C@H](C)OC(=O)C[C@@H]2Sc3ccccc3NC2=O)c(=O)n(-c2ccccc2)n1C. The zero-order valence-electron chi connectivity index (χ0n) is 18.9. The van der Waals surface area contributed by atoms with E-state index >= 15 is 0 Å². The first-order valence-electron chi connectivity index (χ1n) is 10.7. The summed E-state index contributed by atoms with van der Waals surface area (Å²) in [5.41, 5.74) is 1.62. The Hall–Kier alpha value is -3.79. The summed E-state index contributed by atoms with van der Waals surface area (Å²) >= 11 is 1.28. The first kappa shape index (κ1) is 23.4. The Balaban J connectivity index is 1.41. The van der Waals surface area contributed by atoms with Crippen LogP contribution >= 0.6 is 11.8 Å². The van der Waals surface area contributed by atoms with Crippen LogP contribution < -0.4 is 16.2 Å². The van der Waals surface area contributed by atoms with E-state index in [0.717, 1.165) is 4.90 Å². The van der Waals surface area contributed by atoms with Crippen LogP contribution in [0.5, 0.6) is 0 Å². The number of amides is 2. The van der Waals surface area contributed by atoms with Gasteiger partial charge in [-0.3, -0.25) is 23.9 Å². The van der Waals surface area contributed by atoms with E-state index < -0.39 is 28.8 Å². The highest BCUT2D eigenvalue weighted by atomic mass is 32.2. The fourth-order valence-corrected chi connectivity index (χ4v) is 4.71. The van der Waals surface area contributed by atoms with E-state index in [1.165, 1.54) is 23.4 Å². The number of thioether (sulfide) groups is 1. The van der Waals surface area contributed by atoms with Crippen LogP contribution in [0.4, 0.5) is 11.4 Å². The molecule has 0 saturated carbocycles. The number of nitrogens with one attached hydrogen (secondary N) is 2. The standard InChI is InChI=1S/C24H24N4O5S/c1-14-21(24(32)28(27(14)3)16-9-5-4-6-10-16)26-22(30)15(2)33-20(29)13-19-23(31)25-17-11-7-8-12-18(17)34-19/h4-12,15,19H,13H2,1-3H3,(H,25,31)(H,26,30)/t15-,19-/m0/s1. The average Bonchev–Trinajstić information content (AvgIpc) is 3.03. The molecule has 0 aliphatic carbocycles. The smallest absolute Gasteiger partial charge is 0.308 e. The molecular weight excluding hydrogens is 456 g/mol. The van der Waals surface area contributed by atoms with Gasteiger partial charge in [-0.1, -0.05) is 30.3 Å². The van der Waals surface area contributed by atoms with E-state index in [4.69, 9.17) is 4.74 Å². The zero-order valence-corrected chi connectivity index (χ0v) is 19.7. The fraction of sp³-hybridized carbons (Fsp3) is 0.250. The van der Waals surface area contributed by atoms with Crippen molar-refractivity contribution in [2.45, 2.75) is 36.5 Å². The second-order valence-corrected chi connectivity index (χ2v) is 9.10. The number of ether oxygens (including phenoxy) is 1. The highest BCUT2D eigenvalue weighted by molar-refractivity contribution is 8.01. The van der Waals surface area contributed by atoms with Crippen molar-refractivity contribution in [3.05, 3.63) is 70.6 Å². The molecule has 9 nitrogen and oxygen atoms in total. The third-order valence-corrected chi connectivity index (χ3v) is 6.81. The third-order valence-electron chi connectivity index (χ3n) is 5.54. The highest BCUT2D eigenvalue weighted by Gasteiger charge is 2.31. The number of aromatic nitrogens is 2. The zero-order chi connectivity index (χ0) is 24.4. The number of nitrogens with zero attached hydrogens (tertiary/aromatic N) is 2. The molecule has 1 aliphatic heterocycles. The number of hydrogen-bond donors (Lipinski definition) is 2. The molecule has 2 amide bonds. The molecule has 34 heavy (non-hydrogen) atoms. The van der Waals surface area contributed by atoms with Gasteiger partial charge in [-0.2, -0.15) is 0 Å². The van der Waals surface area contributed by atoms with Crippen LogP contribution in [0.2, 0.25) is 0 Å². The lowest BCUT2D eigenvalue weighted by Crippen LogP contribution is -2.35. The van der Waals surface area contributed by atoms with Crippen molar-refractivity contribution in [3.63, 3.8) is 0 Å². The number of benzene rings is 2. The lowest BCUT2D eigenvalue weighted by molar-refractivity contribution is -0.153. The van der Waals surface area contributed by atoms with Gasteiger partial charge < -0.3 is 15.4 Å². The molecule has 3 aromatic rings. The van der Waals surface area contributed by atoms with E-state index in [9.17, 15) is 19.2 Å². The van der Waals surface area contributed by atoms with Gasteiger partial charge in [0.15, 0.2) is 6.10 Å². The average molecular weight is 481 g/mol. The molecule has 2 N–H and O–H groups in total. The predicted octanol–water partition coefficient (Wildman–Crippen LogP) is 2.86. The molecule has 0 bridgehead atoms. The molecular formula is C24H24N4O5S. The Kier molecular flexibility index (Phi) is 6.60. The van der Waals surface area contributed by atoms with Crippen LogP contribution in [-0.2, 0) is 26.2 Å². The largest absolute Gasteiger partial charge is 0.452 e. The molecule has 10 heteroatoms. The molecule has 0 spiro atoms. The summed E-state index contributed by atoms with van der Waals surface area (Å²) in [4.78, 5) is 51.3. The summed E-state index contributed by atoms with van der Waals surface area (Å²) in [5.74, 6) is -1.61. The minimum Gasteiger partial charge on any atom is -0.452 e. The van der Waals surface area contributed by atoms with Gasteiger partial charge in [-0.15, -0.1) is 11.8 Å². The van der Waals surface area contributed by atoms with Crippen LogP contribution in [0.15, 0.2) is 64.3 Å². The number of anilines is 2. The van der Waals surface area contributed by atoms with Crippen molar-refractivity contribution in [1.29, 1.82) is 0 Å². The Labute approximate surface area is 200 Å². The maximum Gasteiger partial charge on any atom is 0.308 e. The molecule has 0 fully saturated rings. The normalized spacial score (nSPS) is 15.7. The summed E-state index contributed by atoms with van der Waals surface area (Å²) < 4.78 is 8.35. The second-order valence-electron chi connectivity index (χ2n) is 7.85. The summed E-state index contributed by atoms with van der Waals surface area (Å²) in [6.07, 6.45) is -1.34. The molecule has 2 aromatic carbocycles. The van der Waals surface area contributed by atoms with Gasteiger partial charge >= 0.3 is 5.97 Å². The van der Waals surface area contributed by atoms with Crippen molar-refractivity contribution in [3.8, 4) is 5.69 Å². The molecule has 1 aromatic heterocycles. The Morgan fingerprint density at radius 2 is 1.79 bits per heavy atom. The molecule has 1 aliphatic rings. The number of para-hydroxylation sites is 2. The van der Waals surface area contributed by atoms with Crippen molar-refractivity contribution in [1.82, 2.24) is 9.36 Å². The Morgan fingerprint density at radius 3 is 2.53 bits per heavy atom. The molecule has 0 saturated heterocycles. The lowest BCUT2D eigenvalue weighted by Gasteiger charge is -2.23. The Morgan fingerprint density at radius 1 is 1.12 bits per heavy atom. The predicted molar refractivity (Wildman–Crippen MR) is 129 cm³/mol. The number of fused-ring (bicyclic) bond motifs is 1. The minimum absolute atomic E-state index is 0.109. The molecule has 176 valence electrons. The van der Waals surface area contributed by atoms with Gasteiger partial charge in [0, 0.05) is 11.9 Å². The fourth-order valence-electron chi connectivity index (χ4n) is 3.61. The van der Waals surface area contributed by atoms with Crippen LogP contribution in [0, 0.1) is 6.92 Å². The van der Waals surface area contributed by atoms with Crippen LogP contribution in [-0.4, -0.2) is 38.5 Å². The number of hydrogen-bond acceptors (Lipinski definition) is 6. The van der Waals surface area contributed by atoms with Gasteiger partial charge in [-0.05, 0) is 38.1 Å². The highest BCUT2D eigenvalue weighted by Crippen LogP contribution is 2.36. The van der Waals surface area contributed by atoms with E-state index in [1.807, 2.05) is 36.4 Å². The molecule has 2 heterocycles. The number of esters is 1. The van der Waals surface area contributed by atoms with Crippen molar-refractivity contribution in [2.75, 3.05) is 10.6 Å². The van der Waals surface area contributed by atoms with Gasteiger partial charge in [0.25, 0.3) is 11.5 Å². The summed E-state index contributed by atoms with van der Waals surface area (Å²) in [7, 11) is 1.72. The molecule has 2 atom stereocenters. The Bertz CT molecular complexity index is 1310. The topological polar surface area (TPSA) is 111 Å². The third kappa shape index (κ3) is 4.62. The van der Waals surface area contributed by atoms with E-state index in [-0.39, 0.29) is 18.0 Å². The van der Waals surface area contributed by atoms with Crippen LogP contribution in [0.3, 0.4) is 0 Å². The quantitative estimate of drug-likeness (QED) is 0.525. The summed E-state index contributed by atoms with van der Waals surface area (Å²) in [6, 6.07) is 16.4. The van der Waals surface area contributed by atoms with E-state index in [0.29, 0.717) is 17.1 Å². The van der Waals surface area contributed by atoms with Gasteiger partial charge in [0.1, 0.15) is 5.69 Å². The number of rotatable bonds is 6. The maximum atomic E-state index is 13.0. The first-order valence-corrected chi connectivity index (χ1v) is 11.5. The minimum atomic E-state index is -1.15. The van der Waals surface area contributed by atoms with Crippen LogP contribution in [0.25, 0.3) is 5.69 Å². The van der Waals surface area contributed by atoms with E-state index in [1.54, 1.807) is 36.9 Å². The van der Waals surface area contributed by atoms with Crippen LogP contribution in [0.1, 0.15) is 19.0 Å². The van der Waals surface area contributed by atoms with E-state index in [2.05, 4.69) is 10.6 Å². The van der Waals surface area contributed by atoms with Crippen molar-refractivity contribution in [2.24, 2.45) is 7.05 Å². The summed E-state index contributed by atoms with van der Waals surface area (Å²) in [5, 5.41) is 4.70. The number of carbonyl (C=O) groups excluding carboxylic acids is 3. The van der Waals surface area contributed by atoms with Gasteiger partial charge in [-0.25, -0.2) is 4.68 Å². The van der Waals surface area contributed by atoms with Gasteiger partial charge in [0.2, 0.25) is 5.91 Å². The van der Waals surface area contributed by atoms with Crippen molar-refractivity contribution < 1.29 is 19.1 Å². The summed E-state index contributed by atoms with van der Waals surface area (Å²) in [6.45, 7) is 3.13. The molecule has 4 rings (SSSR count). The lowest BCUT2D eigenvalue weighted by atomic mass is 10.2. The maximum absolute atomic E-state index is 13.0. The van der Waals surface area contributed by atoms with Crippen molar-refractivity contribution >= 4 is 40.9 Å². The van der Waals surface area contributed by atoms with Gasteiger partial charge in [0.05, 0.1) is 28.7 Å². The first-order chi connectivity index (χ1) is 16.3. The molecule has 0 radical (unpaired) electrons. The second kappa shape index (κ2) is 9.60. The molecule has 0 unspecified atom stereocenters. The monoisotopic (exact) mass is 480 g/mol. The number of carbonyl (C=O) groups is 3.